The Hall–Kier alpha value is -2.40. The summed E-state index contributed by atoms with van der Waals surface area (Å²) in [6.07, 6.45) is 2.22. The highest BCUT2D eigenvalue weighted by Gasteiger charge is 2.19. The highest BCUT2D eigenvalue weighted by atomic mass is 35.5. The summed E-state index contributed by atoms with van der Waals surface area (Å²) in [5, 5.41) is 3.28. The summed E-state index contributed by atoms with van der Waals surface area (Å²) in [7, 11) is 0. The summed E-state index contributed by atoms with van der Waals surface area (Å²) < 4.78 is 0. The monoisotopic (exact) mass is 345 g/mol. The van der Waals surface area contributed by atoms with Crippen molar-refractivity contribution >= 4 is 29.1 Å². The van der Waals surface area contributed by atoms with Crippen molar-refractivity contribution in [2.45, 2.75) is 20.3 Å². The third-order valence-electron chi connectivity index (χ3n) is 3.48. The molecule has 0 aliphatic carbocycles. The Morgan fingerprint density at radius 3 is 2.67 bits per heavy atom. The first-order valence-electron chi connectivity index (χ1n) is 7.77. The maximum atomic E-state index is 12.6. The van der Waals surface area contributed by atoms with Crippen molar-refractivity contribution in [3.8, 4) is 0 Å². The van der Waals surface area contributed by atoms with Crippen LogP contribution in [0.15, 0.2) is 42.6 Å². The summed E-state index contributed by atoms with van der Waals surface area (Å²) in [4.78, 5) is 30.4. The Morgan fingerprint density at radius 1 is 1.25 bits per heavy atom. The van der Waals surface area contributed by atoms with E-state index in [9.17, 15) is 9.59 Å². The standard InChI is InChI=1S/C18H20ClN3O2/c1-3-10-22(18(24)16-11-14(19)8-9-20-16)12-17(23)21-15-7-5-4-6-13(15)2/h4-9,11H,3,10,12H2,1-2H3,(H,21,23). The minimum absolute atomic E-state index is 0.0325. The Kier molecular flexibility index (Phi) is 6.32. The highest BCUT2D eigenvalue weighted by molar-refractivity contribution is 6.30. The van der Waals surface area contributed by atoms with Gasteiger partial charge in [-0.25, -0.2) is 0 Å². The van der Waals surface area contributed by atoms with Crippen LogP contribution in [0.1, 0.15) is 29.4 Å². The molecular weight excluding hydrogens is 326 g/mol. The second-order valence-corrected chi connectivity index (χ2v) is 5.89. The van der Waals surface area contributed by atoms with Crippen molar-refractivity contribution in [1.29, 1.82) is 0 Å². The number of amides is 2. The predicted octanol–water partition coefficient (Wildman–Crippen LogP) is 3.53. The topological polar surface area (TPSA) is 62.3 Å². The number of halogens is 1. The summed E-state index contributed by atoms with van der Waals surface area (Å²) in [5.74, 6) is -0.549. The minimum Gasteiger partial charge on any atom is -0.328 e. The second kappa shape index (κ2) is 8.45. The molecule has 0 unspecified atom stereocenters. The number of aromatic nitrogens is 1. The number of hydrogen-bond donors (Lipinski definition) is 1. The number of aryl methyl sites for hydroxylation is 1. The average molecular weight is 346 g/mol. The minimum atomic E-state index is -0.306. The van der Waals surface area contributed by atoms with Crippen LogP contribution in [0, 0.1) is 6.92 Å². The molecule has 1 aromatic heterocycles. The zero-order valence-corrected chi connectivity index (χ0v) is 14.5. The van der Waals surface area contributed by atoms with Gasteiger partial charge in [-0.1, -0.05) is 36.7 Å². The third-order valence-corrected chi connectivity index (χ3v) is 3.71. The Morgan fingerprint density at radius 2 is 2.00 bits per heavy atom. The molecule has 0 saturated carbocycles. The van der Waals surface area contributed by atoms with Crippen LogP contribution in [0.3, 0.4) is 0 Å². The number of carbonyl (C=O) groups excluding carboxylic acids is 2. The zero-order valence-electron chi connectivity index (χ0n) is 13.8. The molecule has 0 aliphatic rings. The molecule has 0 radical (unpaired) electrons. The fraction of sp³-hybridized carbons (Fsp3) is 0.278. The molecule has 0 fully saturated rings. The fourth-order valence-corrected chi connectivity index (χ4v) is 2.44. The number of rotatable bonds is 6. The number of anilines is 1. The van der Waals surface area contributed by atoms with Crippen LogP contribution in [-0.4, -0.2) is 34.8 Å². The summed E-state index contributed by atoms with van der Waals surface area (Å²) >= 11 is 5.91. The van der Waals surface area contributed by atoms with E-state index in [0.717, 1.165) is 17.7 Å². The molecular formula is C18H20ClN3O2. The fourth-order valence-electron chi connectivity index (χ4n) is 2.28. The van der Waals surface area contributed by atoms with Crippen molar-refractivity contribution in [1.82, 2.24) is 9.88 Å². The number of nitrogens with one attached hydrogen (secondary N) is 1. The van der Waals surface area contributed by atoms with Crippen LogP contribution >= 0.6 is 11.6 Å². The van der Waals surface area contributed by atoms with E-state index in [-0.39, 0.29) is 24.1 Å². The maximum Gasteiger partial charge on any atom is 0.272 e. The zero-order chi connectivity index (χ0) is 17.5. The lowest BCUT2D eigenvalue weighted by Gasteiger charge is -2.21. The van der Waals surface area contributed by atoms with Crippen molar-refractivity contribution in [2.24, 2.45) is 0 Å². The van der Waals surface area contributed by atoms with E-state index >= 15 is 0 Å². The molecule has 24 heavy (non-hydrogen) atoms. The van der Waals surface area contributed by atoms with Gasteiger partial charge in [-0.2, -0.15) is 0 Å². The van der Waals surface area contributed by atoms with Gasteiger partial charge in [-0.3, -0.25) is 14.6 Å². The van der Waals surface area contributed by atoms with Crippen molar-refractivity contribution in [3.63, 3.8) is 0 Å². The van der Waals surface area contributed by atoms with E-state index < -0.39 is 0 Å². The molecule has 5 nitrogen and oxygen atoms in total. The highest BCUT2D eigenvalue weighted by Crippen LogP contribution is 2.14. The number of nitrogens with zero attached hydrogens (tertiary/aromatic N) is 2. The van der Waals surface area contributed by atoms with E-state index in [1.165, 1.54) is 17.2 Å². The first kappa shape index (κ1) is 17.9. The number of pyridine rings is 1. The molecule has 2 aromatic rings. The molecule has 6 heteroatoms. The van der Waals surface area contributed by atoms with E-state index in [0.29, 0.717) is 11.6 Å². The first-order chi connectivity index (χ1) is 11.5. The number of hydrogen-bond acceptors (Lipinski definition) is 3. The molecule has 126 valence electrons. The Labute approximate surface area is 146 Å². The van der Waals surface area contributed by atoms with E-state index in [1.807, 2.05) is 38.1 Å². The molecule has 1 aromatic carbocycles. The van der Waals surface area contributed by atoms with Gasteiger partial charge in [0.25, 0.3) is 5.91 Å². The molecule has 0 aliphatic heterocycles. The van der Waals surface area contributed by atoms with Gasteiger partial charge in [-0.15, -0.1) is 0 Å². The quantitative estimate of drug-likeness (QED) is 0.871. The van der Waals surface area contributed by atoms with Gasteiger partial charge in [0.2, 0.25) is 5.91 Å². The first-order valence-corrected chi connectivity index (χ1v) is 8.15. The normalized spacial score (nSPS) is 10.3. The smallest absolute Gasteiger partial charge is 0.272 e. The molecule has 0 saturated heterocycles. The van der Waals surface area contributed by atoms with E-state index in [4.69, 9.17) is 11.6 Å². The molecule has 0 spiro atoms. The van der Waals surface area contributed by atoms with Gasteiger partial charge >= 0.3 is 0 Å². The lowest BCUT2D eigenvalue weighted by Crippen LogP contribution is -2.39. The SMILES string of the molecule is CCCN(CC(=O)Nc1ccccc1C)C(=O)c1cc(Cl)ccn1. The van der Waals surface area contributed by atoms with Gasteiger partial charge in [0.15, 0.2) is 0 Å². The predicted molar refractivity (Wildman–Crippen MR) is 95.3 cm³/mol. The summed E-state index contributed by atoms with van der Waals surface area (Å²) in [5.41, 5.74) is 1.95. The maximum absolute atomic E-state index is 12.6. The van der Waals surface area contributed by atoms with Crippen molar-refractivity contribution in [3.05, 3.63) is 58.9 Å². The van der Waals surface area contributed by atoms with Crippen molar-refractivity contribution < 1.29 is 9.59 Å². The van der Waals surface area contributed by atoms with Crippen LogP contribution < -0.4 is 5.32 Å². The lowest BCUT2D eigenvalue weighted by atomic mass is 10.2. The lowest BCUT2D eigenvalue weighted by molar-refractivity contribution is -0.116. The van der Waals surface area contributed by atoms with Gasteiger partial charge in [-0.05, 0) is 37.1 Å². The average Bonchev–Trinajstić information content (AvgIpc) is 2.56. The molecule has 1 N–H and O–H groups in total. The largest absolute Gasteiger partial charge is 0.328 e. The summed E-state index contributed by atoms with van der Waals surface area (Å²) in [6, 6.07) is 10.6. The summed E-state index contributed by atoms with van der Waals surface area (Å²) in [6.45, 7) is 4.30. The van der Waals surface area contributed by atoms with Gasteiger partial charge in [0.1, 0.15) is 12.2 Å². The van der Waals surface area contributed by atoms with Crippen LogP contribution in [0.4, 0.5) is 5.69 Å². The van der Waals surface area contributed by atoms with E-state index in [1.54, 1.807) is 6.07 Å². The van der Waals surface area contributed by atoms with Crippen LogP contribution in [-0.2, 0) is 4.79 Å². The second-order valence-electron chi connectivity index (χ2n) is 5.45. The molecule has 0 atom stereocenters. The van der Waals surface area contributed by atoms with Crippen LogP contribution in [0.25, 0.3) is 0 Å². The Bertz CT molecular complexity index is 734. The number of para-hydroxylation sites is 1. The molecule has 2 amide bonds. The van der Waals surface area contributed by atoms with Crippen LogP contribution in [0.2, 0.25) is 5.02 Å². The number of carbonyl (C=O) groups is 2. The van der Waals surface area contributed by atoms with Gasteiger partial charge in [0, 0.05) is 23.5 Å². The van der Waals surface area contributed by atoms with Gasteiger partial charge in [0.05, 0.1) is 0 Å². The molecule has 2 rings (SSSR count). The number of benzene rings is 1. The van der Waals surface area contributed by atoms with Crippen molar-refractivity contribution in [2.75, 3.05) is 18.4 Å². The third kappa shape index (κ3) is 4.80. The van der Waals surface area contributed by atoms with Crippen LogP contribution in [0.5, 0.6) is 0 Å². The Balaban J connectivity index is 2.09. The molecule has 1 heterocycles. The molecule has 0 bridgehead atoms. The van der Waals surface area contributed by atoms with E-state index in [2.05, 4.69) is 10.3 Å². The van der Waals surface area contributed by atoms with Gasteiger partial charge < -0.3 is 10.2 Å².